The summed E-state index contributed by atoms with van der Waals surface area (Å²) in [7, 11) is 0. The van der Waals surface area contributed by atoms with Crippen molar-refractivity contribution in [3.8, 4) is 5.69 Å². The number of nitrogens with one attached hydrogen (secondary N) is 1. The third-order valence-electron chi connectivity index (χ3n) is 6.19. The number of piperidine rings is 1. The fourth-order valence-corrected chi connectivity index (χ4v) is 4.44. The Morgan fingerprint density at radius 2 is 1.86 bits per heavy atom. The molecule has 1 saturated heterocycles. The molecule has 156 valence electrons. The number of aromatic nitrogens is 2. The lowest BCUT2D eigenvalue weighted by molar-refractivity contribution is 0.0793. The maximum Gasteiger partial charge on any atom is 0.272 e. The minimum Gasteiger partial charge on any atom is -0.349 e. The van der Waals surface area contributed by atoms with Crippen LogP contribution >= 0.6 is 0 Å². The summed E-state index contributed by atoms with van der Waals surface area (Å²) in [4.78, 5) is 15.4. The molecule has 7 heteroatoms. The molecular formula is C22H28F2N4O. The SMILES string of the molecule is CC(C)(CNC(=O)c1nn(-c2ccc(F)c(F)c2)c2c1CCC2)N1CCCCC1. The van der Waals surface area contributed by atoms with Gasteiger partial charge in [-0.25, -0.2) is 13.5 Å². The zero-order valence-corrected chi connectivity index (χ0v) is 17.1. The molecule has 1 aromatic heterocycles. The summed E-state index contributed by atoms with van der Waals surface area (Å²) in [5.74, 6) is -2.01. The Morgan fingerprint density at radius 1 is 1.10 bits per heavy atom. The van der Waals surface area contributed by atoms with Crippen LogP contribution in [0.15, 0.2) is 18.2 Å². The molecule has 2 heterocycles. The molecule has 5 nitrogen and oxygen atoms in total. The fraction of sp³-hybridized carbons (Fsp3) is 0.545. The van der Waals surface area contributed by atoms with E-state index in [9.17, 15) is 13.6 Å². The minimum atomic E-state index is -0.918. The number of hydrogen-bond acceptors (Lipinski definition) is 3. The van der Waals surface area contributed by atoms with Gasteiger partial charge in [0.1, 0.15) is 0 Å². The number of benzene rings is 1. The third kappa shape index (κ3) is 3.92. The van der Waals surface area contributed by atoms with E-state index in [2.05, 4.69) is 29.2 Å². The van der Waals surface area contributed by atoms with Gasteiger partial charge in [-0.1, -0.05) is 6.42 Å². The van der Waals surface area contributed by atoms with Crippen LogP contribution in [0.2, 0.25) is 0 Å². The average molecular weight is 402 g/mol. The van der Waals surface area contributed by atoms with Crippen LogP contribution < -0.4 is 5.32 Å². The number of amides is 1. The first kappa shape index (κ1) is 20.0. The van der Waals surface area contributed by atoms with Crippen molar-refractivity contribution in [3.63, 3.8) is 0 Å². The third-order valence-corrected chi connectivity index (χ3v) is 6.19. The van der Waals surface area contributed by atoms with Gasteiger partial charge in [-0.05, 0) is 71.2 Å². The average Bonchev–Trinajstić information content (AvgIpc) is 3.32. The first-order valence-electron chi connectivity index (χ1n) is 10.5. The number of fused-ring (bicyclic) bond motifs is 1. The van der Waals surface area contributed by atoms with Gasteiger partial charge in [0.2, 0.25) is 0 Å². The van der Waals surface area contributed by atoms with Crippen LogP contribution in [0.25, 0.3) is 5.69 Å². The number of carbonyl (C=O) groups excluding carboxylic acids is 1. The zero-order valence-electron chi connectivity index (χ0n) is 17.1. The first-order valence-corrected chi connectivity index (χ1v) is 10.5. The zero-order chi connectivity index (χ0) is 20.6. The normalized spacial score (nSPS) is 17.4. The lowest BCUT2D eigenvalue weighted by Crippen LogP contribution is -2.53. The van der Waals surface area contributed by atoms with E-state index in [1.54, 1.807) is 4.68 Å². The maximum absolute atomic E-state index is 13.7. The second-order valence-corrected chi connectivity index (χ2v) is 8.68. The Morgan fingerprint density at radius 3 is 2.59 bits per heavy atom. The minimum absolute atomic E-state index is 0.123. The van der Waals surface area contributed by atoms with Crippen LogP contribution in [-0.4, -0.2) is 45.8 Å². The Hall–Kier alpha value is -2.28. The number of hydrogen-bond donors (Lipinski definition) is 1. The van der Waals surface area contributed by atoms with Crippen LogP contribution in [-0.2, 0) is 12.8 Å². The number of rotatable bonds is 5. The van der Waals surface area contributed by atoms with Crippen LogP contribution in [0, 0.1) is 11.6 Å². The van der Waals surface area contributed by atoms with E-state index in [1.807, 2.05) is 0 Å². The fourth-order valence-electron chi connectivity index (χ4n) is 4.44. The molecule has 2 aliphatic rings. The largest absolute Gasteiger partial charge is 0.349 e. The Labute approximate surface area is 170 Å². The smallest absolute Gasteiger partial charge is 0.272 e. The predicted molar refractivity (Wildman–Crippen MR) is 107 cm³/mol. The molecule has 0 spiro atoms. The van der Waals surface area contributed by atoms with E-state index in [0.29, 0.717) is 17.9 Å². The van der Waals surface area contributed by atoms with E-state index in [0.717, 1.165) is 55.7 Å². The summed E-state index contributed by atoms with van der Waals surface area (Å²) in [6.07, 6.45) is 6.14. The monoisotopic (exact) mass is 402 g/mol. The molecule has 0 saturated carbocycles. The van der Waals surface area contributed by atoms with Gasteiger partial charge in [-0.15, -0.1) is 0 Å². The Balaban J connectivity index is 1.54. The van der Waals surface area contributed by atoms with Gasteiger partial charge >= 0.3 is 0 Å². The van der Waals surface area contributed by atoms with Crippen LogP contribution in [0.3, 0.4) is 0 Å². The quantitative estimate of drug-likeness (QED) is 0.831. The second kappa shape index (κ2) is 7.86. The van der Waals surface area contributed by atoms with E-state index in [1.165, 1.54) is 25.3 Å². The van der Waals surface area contributed by atoms with Crippen LogP contribution in [0.1, 0.15) is 61.3 Å². The van der Waals surface area contributed by atoms with Gasteiger partial charge in [0.05, 0.1) is 5.69 Å². The molecule has 4 rings (SSSR count). The predicted octanol–water partition coefficient (Wildman–Crippen LogP) is 3.63. The van der Waals surface area contributed by atoms with Gasteiger partial charge in [-0.2, -0.15) is 5.10 Å². The number of halogens is 2. The van der Waals surface area contributed by atoms with Crippen molar-refractivity contribution in [2.24, 2.45) is 0 Å². The van der Waals surface area contributed by atoms with Gasteiger partial charge in [0.15, 0.2) is 17.3 Å². The Kier molecular flexibility index (Phi) is 5.42. The van der Waals surface area contributed by atoms with Crippen LogP contribution in [0.4, 0.5) is 8.78 Å². The summed E-state index contributed by atoms with van der Waals surface area (Å²) in [6, 6.07) is 3.71. The first-order chi connectivity index (χ1) is 13.9. The summed E-state index contributed by atoms with van der Waals surface area (Å²) >= 11 is 0. The van der Waals surface area contributed by atoms with Gasteiger partial charge in [0.25, 0.3) is 5.91 Å². The molecule has 1 aliphatic carbocycles. The van der Waals surface area contributed by atoms with Crippen molar-refractivity contribution >= 4 is 5.91 Å². The maximum atomic E-state index is 13.7. The standard InChI is InChI=1S/C22H28F2N4O/c1-22(2,27-11-4-3-5-12-27)14-25-21(29)20-16-7-6-8-19(16)28(26-20)15-9-10-17(23)18(24)13-15/h9-10,13H,3-8,11-12,14H2,1-2H3,(H,25,29). The summed E-state index contributed by atoms with van der Waals surface area (Å²) in [6.45, 7) is 6.97. The van der Waals surface area contributed by atoms with Crippen molar-refractivity contribution in [1.82, 2.24) is 20.0 Å². The second-order valence-electron chi connectivity index (χ2n) is 8.68. The number of carbonyl (C=O) groups is 1. The van der Waals surface area contributed by atoms with Crippen molar-refractivity contribution in [2.45, 2.75) is 57.9 Å². The molecule has 0 atom stereocenters. The lowest BCUT2D eigenvalue weighted by Gasteiger charge is -2.41. The molecule has 1 aliphatic heterocycles. The molecule has 2 aromatic rings. The van der Waals surface area contributed by atoms with Crippen molar-refractivity contribution in [2.75, 3.05) is 19.6 Å². The van der Waals surface area contributed by atoms with Gasteiger partial charge in [-0.3, -0.25) is 9.69 Å². The molecule has 0 unspecified atom stereocenters. The van der Waals surface area contributed by atoms with Gasteiger partial charge in [0, 0.05) is 29.4 Å². The highest BCUT2D eigenvalue weighted by atomic mass is 19.2. The van der Waals surface area contributed by atoms with Crippen molar-refractivity contribution in [3.05, 3.63) is 46.8 Å². The number of nitrogens with zero attached hydrogens (tertiary/aromatic N) is 3. The lowest BCUT2D eigenvalue weighted by atomic mass is 9.98. The van der Waals surface area contributed by atoms with Crippen molar-refractivity contribution < 1.29 is 13.6 Å². The molecule has 1 aromatic carbocycles. The highest BCUT2D eigenvalue weighted by Gasteiger charge is 2.31. The summed E-state index contributed by atoms with van der Waals surface area (Å²) < 4.78 is 28.6. The molecule has 0 bridgehead atoms. The van der Waals surface area contributed by atoms with Crippen molar-refractivity contribution in [1.29, 1.82) is 0 Å². The van der Waals surface area contributed by atoms with E-state index in [-0.39, 0.29) is 11.4 Å². The topological polar surface area (TPSA) is 50.2 Å². The molecule has 1 N–H and O–H groups in total. The van der Waals surface area contributed by atoms with E-state index in [4.69, 9.17) is 0 Å². The summed E-state index contributed by atoms with van der Waals surface area (Å²) in [5.41, 5.74) is 2.55. The number of likely N-dealkylation sites (tertiary alicyclic amines) is 1. The highest BCUT2D eigenvalue weighted by molar-refractivity contribution is 5.94. The molecule has 1 fully saturated rings. The molecule has 1 amide bonds. The van der Waals surface area contributed by atoms with E-state index >= 15 is 0 Å². The highest BCUT2D eigenvalue weighted by Crippen LogP contribution is 2.28. The summed E-state index contributed by atoms with van der Waals surface area (Å²) in [5, 5.41) is 7.55. The Bertz CT molecular complexity index is 916. The van der Waals surface area contributed by atoms with Crippen LogP contribution in [0.5, 0.6) is 0 Å². The van der Waals surface area contributed by atoms with Gasteiger partial charge < -0.3 is 5.32 Å². The molecular weight excluding hydrogens is 374 g/mol. The molecule has 0 radical (unpaired) electrons. The van der Waals surface area contributed by atoms with E-state index < -0.39 is 11.6 Å². The molecule has 29 heavy (non-hydrogen) atoms.